The number of likely N-dealkylation sites (N-methyl/N-ethyl adjacent to an activating group) is 1. The minimum Gasteiger partial charge on any atom is -0.368 e. The standard InChI is InChI=1S/C11H16FN3O/c1-15(7-10(13)11(14)16)6-8-2-4-9(12)5-3-8/h2-5,10H,6-7,13H2,1H3,(H2,14,16). The summed E-state index contributed by atoms with van der Waals surface area (Å²) in [5, 5.41) is 0. The topological polar surface area (TPSA) is 72.3 Å². The van der Waals surface area contributed by atoms with Crippen LogP contribution >= 0.6 is 0 Å². The summed E-state index contributed by atoms with van der Waals surface area (Å²) >= 11 is 0. The molecule has 1 amide bonds. The molecule has 0 heterocycles. The predicted octanol–water partition coefficient (Wildman–Crippen LogP) is 0.0701. The second-order valence-corrected chi connectivity index (χ2v) is 3.83. The van der Waals surface area contributed by atoms with Gasteiger partial charge in [0.25, 0.3) is 0 Å². The van der Waals surface area contributed by atoms with E-state index in [-0.39, 0.29) is 5.82 Å². The first-order valence-corrected chi connectivity index (χ1v) is 4.97. The lowest BCUT2D eigenvalue weighted by atomic mass is 10.2. The molecule has 0 bridgehead atoms. The number of amides is 1. The average molecular weight is 225 g/mol. The zero-order valence-corrected chi connectivity index (χ0v) is 9.19. The minimum absolute atomic E-state index is 0.264. The van der Waals surface area contributed by atoms with Gasteiger partial charge in [-0.3, -0.25) is 4.79 Å². The number of nitrogens with zero attached hydrogens (tertiary/aromatic N) is 1. The van der Waals surface area contributed by atoms with Crippen molar-refractivity contribution in [1.82, 2.24) is 4.90 Å². The third-order valence-corrected chi connectivity index (χ3v) is 2.24. The fourth-order valence-electron chi connectivity index (χ4n) is 1.39. The number of carbonyl (C=O) groups is 1. The normalized spacial score (nSPS) is 12.8. The van der Waals surface area contributed by atoms with Crippen LogP contribution in [0.4, 0.5) is 4.39 Å². The first kappa shape index (κ1) is 12.6. The van der Waals surface area contributed by atoms with Gasteiger partial charge in [-0.2, -0.15) is 0 Å². The average Bonchev–Trinajstić information content (AvgIpc) is 2.21. The maximum Gasteiger partial charge on any atom is 0.235 e. The summed E-state index contributed by atoms with van der Waals surface area (Å²) in [6, 6.07) is 5.52. The second kappa shape index (κ2) is 5.58. The lowest BCUT2D eigenvalue weighted by Crippen LogP contribution is -2.44. The molecule has 4 N–H and O–H groups in total. The molecule has 1 atom stereocenters. The van der Waals surface area contributed by atoms with Crippen LogP contribution in [-0.2, 0) is 11.3 Å². The van der Waals surface area contributed by atoms with Gasteiger partial charge >= 0.3 is 0 Å². The smallest absolute Gasteiger partial charge is 0.235 e. The van der Waals surface area contributed by atoms with Gasteiger partial charge in [0, 0.05) is 13.1 Å². The Morgan fingerprint density at radius 2 is 2.00 bits per heavy atom. The quantitative estimate of drug-likeness (QED) is 0.745. The fraction of sp³-hybridized carbons (Fsp3) is 0.364. The molecule has 0 fully saturated rings. The molecule has 0 aliphatic rings. The molecule has 1 rings (SSSR count). The first-order valence-electron chi connectivity index (χ1n) is 4.97. The maximum atomic E-state index is 12.6. The maximum absolute atomic E-state index is 12.6. The molecule has 0 spiro atoms. The Morgan fingerprint density at radius 3 is 2.50 bits per heavy atom. The number of rotatable bonds is 5. The summed E-state index contributed by atoms with van der Waals surface area (Å²) in [5.74, 6) is -0.786. The van der Waals surface area contributed by atoms with E-state index in [1.807, 2.05) is 11.9 Å². The number of carbonyl (C=O) groups excluding carboxylic acids is 1. The van der Waals surface area contributed by atoms with Gasteiger partial charge in [-0.1, -0.05) is 12.1 Å². The van der Waals surface area contributed by atoms with Crippen molar-refractivity contribution in [3.63, 3.8) is 0 Å². The van der Waals surface area contributed by atoms with Crippen molar-refractivity contribution < 1.29 is 9.18 Å². The third kappa shape index (κ3) is 3.96. The van der Waals surface area contributed by atoms with Crippen LogP contribution in [0.1, 0.15) is 5.56 Å². The summed E-state index contributed by atoms with van der Waals surface area (Å²) in [4.78, 5) is 12.6. The van der Waals surface area contributed by atoms with Crippen molar-refractivity contribution in [3.8, 4) is 0 Å². The van der Waals surface area contributed by atoms with Crippen molar-refractivity contribution in [2.75, 3.05) is 13.6 Å². The molecule has 0 radical (unpaired) electrons. The highest BCUT2D eigenvalue weighted by molar-refractivity contribution is 5.79. The second-order valence-electron chi connectivity index (χ2n) is 3.83. The summed E-state index contributed by atoms with van der Waals surface area (Å²) in [7, 11) is 1.83. The van der Waals surface area contributed by atoms with Gasteiger partial charge in [0.05, 0.1) is 6.04 Å². The largest absolute Gasteiger partial charge is 0.368 e. The van der Waals surface area contributed by atoms with Gasteiger partial charge in [-0.25, -0.2) is 4.39 Å². The number of hydrogen-bond donors (Lipinski definition) is 2. The highest BCUT2D eigenvalue weighted by atomic mass is 19.1. The summed E-state index contributed by atoms with van der Waals surface area (Å²) < 4.78 is 12.6. The van der Waals surface area contributed by atoms with Crippen molar-refractivity contribution >= 4 is 5.91 Å². The summed E-state index contributed by atoms with van der Waals surface area (Å²) in [6.45, 7) is 0.980. The van der Waals surface area contributed by atoms with Crippen LogP contribution in [0.5, 0.6) is 0 Å². The van der Waals surface area contributed by atoms with Crippen molar-refractivity contribution in [2.45, 2.75) is 12.6 Å². The minimum atomic E-state index is -0.676. The van der Waals surface area contributed by atoms with Gasteiger partial charge in [0.1, 0.15) is 5.82 Å². The van der Waals surface area contributed by atoms with Crippen molar-refractivity contribution in [1.29, 1.82) is 0 Å². The number of benzene rings is 1. The molecule has 0 aliphatic carbocycles. The van der Waals surface area contributed by atoms with Gasteiger partial charge in [-0.05, 0) is 24.7 Å². The van der Waals surface area contributed by atoms with Crippen LogP contribution in [0.2, 0.25) is 0 Å². The van der Waals surface area contributed by atoms with E-state index in [1.165, 1.54) is 12.1 Å². The lowest BCUT2D eigenvalue weighted by Gasteiger charge is -2.19. The van der Waals surface area contributed by atoms with Crippen LogP contribution < -0.4 is 11.5 Å². The van der Waals surface area contributed by atoms with Crippen LogP contribution in [0, 0.1) is 5.82 Å². The van der Waals surface area contributed by atoms with Crippen LogP contribution in [-0.4, -0.2) is 30.4 Å². The van der Waals surface area contributed by atoms with E-state index in [0.29, 0.717) is 13.1 Å². The molecule has 1 aromatic rings. The Kier molecular flexibility index (Phi) is 4.39. The van der Waals surface area contributed by atoms with Crippen molar-refractivity contribution in [3.05, 3.63) is 35.6 Å². The Bertz CT molecular complexity index is 353. The van der Waals surface area contributed by atoms with E-state index >= 15 is 0 Å². The predicted molar refractivity (Wildman–Crippen MR) is 59.9 cm³/mol. The molecule has 88 valence electrons. The zero-order valence-electron chi connectivity index (χ0n) is 9.19. The van der Waals surface area contributed by atoms with Crippen molar-refractivity contribution in [2.24, 2.45) is 11.5 Å². The molecule has 0 saturated carbocycles. The van der Waals surface area contributed by atoms with Crippen LogP contribution in [0.3, 0.4) is 0 Å². The van der Waals surface area contributed by atoms with E-state index in [9.17, 15) is 9.18 Å². The molecule has 0 aliphatic heterocycles. The first-order chi connectivity index (χ1) is 7.49. The number of halogens is 1. The van der Waals surface area contributed by atoms with Crippen LogP contribution in [0.15, 0.2) is 24.3 Å². The number of primary amides is 1. The Balaban J connectivity index is 2.48. The SMILES string of the molecule is CN(Cc1ccc(F)cc1)CC(N)C(N)=O. The summed E-state index contributed by atoms with van der Waals surface area (Å²) in [5.41, 5.74) is 11.5. The Hall–Kier alpha value is -1.46. The van der Waals surface area contributed by atoms with E-state index in [0.717, 1.165) is 5.56 Å². The number of hydrogen-bond acceptors (Lipinski definition) is 3. The van der Waals surface area contributed by atoms with E-state index in [4.69, 9.17) is 11.5 Å². The van der Waals surface area contributed by atoms with E-state index in [2.05, 4.69) is 0 Å². The Morgan fingerprint density at radius 1 is 1.44 bits per heavy atom. The van der Waals surface area contributed by atoms with Gasteiger partial charge < -0.3 is 16.4 Å². The van der Waals surface area contributed by atoms with Gasteiger partial charge in [-0.15, -0.1) is 0 Å². The van der Waals surface area contributed by atoms with Crippen LogP contribution in [0.25, 0.3) is 0 Å². The van der Waals surface area contributed by atoms with E-state index < -0.39 is 11.9 Å². The molecular weight excluding hydrogens is 209 g/mol. The number of nitrogens with two attached hydrogens (primary N) is 2. The molecule has 1 aromatic carbocycles. The highest BCUT2D eigenvalue weighted by Gasteiger charge is 2.12. The van der Waals surface area contributed by atoms with Gasteiger partial charge in [0.15, 0.2) is 0 Å². The van der Waals surface area contributed by atoms with Gasteiger partial charge in [0.2, 0.25) is 5.91 Å². The third-order valence-electron chi connectivity index (χ3n) is 2.24. The Labute approximate surface area is 94.0 Å². The molecule has 16 heavy (non-hydrogen) atoms. The molecule has 1 unspecified atom stereocenters. The molecule has 0 saturated heterocycles. The fourth-order valence-corrected chi connectivity index (χ4v) is 1.39. The zero-order chi connectivity index (χ0) is 12.1. The summed E-state index contributed by atoms with van der Waals surface area (Å²) in [6.07, 6.45) is 0. The lowest BCUT2D eigenvalue weighted by molar-refractivity contribution is -0.119. The molecular formula is C11H16FN3O. The molecule has 0 aromatic heterocycles. The monoisotopic (exact) mass is 225 g/mol. The van der Waals surface area contributed by atoms with E-state index in [1.54, 1.807) is 12.1 Å². The molecule has 5 heteroatoms. The molecule has 4 nitrogen and oxygen atoms in total. The highest BCUT2D eigenvalue weighted by Crippen LogP contribution is 2.05.